The molecule has 0 amide bonds. The van der Waals surface area contributed by atoms with Crippen molar-refractivity contribution in [3.63, 3.8) is 0 Å². The summed E-state index contributed by atoms with van der Waals surface area (Å²) in [6.45, 7) is 7.65. The molecule has 0 spiro atoms. The van der Waals surface area contributed by atoms with Gasteiger partial charge in [-0.05, 0) is 32.4 Å². The molecule has 0 aliphatic rings. The Bertz CT molecular complexity index is 313. The maximum absolute atomic E-state index is 5.92. The van der Waals surface area contributed by atoms with E-state index in [2.05, 4.69) is 30.7 Å². The molecule has 1 aromatic heterocycles. The van der Waals surface area contributed by atoms with Gasteiger partial charge in [0.1, 0.15) is 11.0 Å². The predicted octanol–water partition coefficient (Wildman–Crippen LogP) is 4.14. The van der Waals surface area contributed by atoms with Crippen molar-refractivity contribution < 1.29 is 0 Å². The first kappa shape index (κ1) is 13.3. The van der Waals surface area contributed by atoms with Crippen LogP contribution in [-0.2, 0) is 0 Å². The minimum absolute atomic E-state index is 0.461. The Morgan fingerprint density at radius 2 is 2.06 bits per heavy atom. The fourth-order valence-corrected chi connectivity index (χ4v) is 1.89. The molecule has 1 aromatic rings. The lowest BCUT2D eigenvalue weighted by Crippen LogP contribution is -2.32. The summed E-state index contributed by atoms with van der Waals surface area (Å²) in [5.74, 6) is 0.985. The Morgan fingerprint density at radius 1 is 1.31 bits per heavy atom. The highest BCUT2D eigenvalue weighted by molar-refractivity contribution is 6.29. The zero-order chi connectivity index (χ0) is 12.0. The lowest BCUT2D eigenvalue weighted by atomic mass is 10.2. The second-order valence-corrected chi connectivity index (χ2v) is 4.70. The minimum Gasteiger partial charge on any atom is -0.354 e. The Hall–Kier alpha value is -0.760. The second-order valence-electron chi connectivity index (χ2n) is 4.31. The smallest absolute Gasteiger partial charge is 0.131 e. The molecule has 0 unspecified atom stereocenters. The van der Waals surface area contributed by atoms with Crippen LogP contribution in [0.25, 0.3) is 0 Å². The summed E-state index contributed by atoms with van der Waals surface area (Å²) < 4.78 is 0. The lowest BCUT2D eigenvalue weighted by molar-refractivity contribution is 0.620. The molecule has 90 valence electrons. The van der Waals surface area contributed by atoms with Crippen LogP contribution >= 0.6 is 11.6 Å². The molecule has 0 atom stereocenters. The molecule has 0 aliphatic carbocycles. The van der Waals surface area contributed by atoms with E-state index in [1.807, 2.05) is 18.2 Å². The first-order valence-electron chi connectivity index (χ1n) is 6.04. The van der Waals surface area contributed by atoms with Crippen molar-refractivity contribution in [2.75, 3.05) is 11.4 Å². The third kappa shape index (κ3) is 4.01. The Kier molecular flexibility index (Phi) is 5.61. The van der Waals surface area contributed by atoms with Gasteiger partial charge in [-0.1, -0.05) is 37.4 Å². The van der Waals surface area contributed by atoms with Gasteiger partial charge < -0.3 is 4.90 Å². The SMILES string of the molecule is CCCCCN(c1cccc(Cl)n1)C(C)C. The van der Waals surface area contributed by atoms with Crippen LogP contribution in [0, 0.1) is 0 Å². The van der Waals surface area contributed by atoms with Gasteiger partial charge in [-0.15, -0.1) is 0 Å². The normalized spacial score (nSPS) is 10.8. The van der Waals surface area contributed by atoms with Crippen molar-refractivity contribution in [3.05, 3.63) is 23.4 Å². The molecule has 0 aliphatic heterocycles. The molecule has 2 nitrogen and oxygen atoms in total. The number of nitrogens with zero attached hydrogens (tertiary/aromatic N) is 2. The largest absolute Gasteiger partial charge is 0.354 e. The van der Waals surface area contributed by atoms with E-state index in [0.29, 0.717) is 11.2 Å². The molecule has 0 radical (unpaired) electrons. The highest BCUT2D eigenvalue weighted by atomic mass is 35.5. The molecule has 0 fully saturated rings. The summed E-state index contributed by atoms with van der Waals surface area (Å²) in [6, 6.07) is 6.26. The molecule has 3 heteroatoms. The van der Waals surface area contributed by atoms with Crippen molar-refractivity contribution >= 4 is 17.4 Å². The minimum atomic E-state index is 0.461. The van der Waals surface area contributed by atoms with E-state index in [-0.39, 0.29) is 0 Å². The Labute approximate surface area is 104 Å². The van der Waals surface area contributed by atoms with Crippen LogP contribution in [0.4, 0.5) is 5.82 Å². The summed E-state index contributed by atoms with van der Waals surface area (Å²) in [4.78, 5) is 6.67. The van der Waals surface area contributed by atoms with Gasteiger partial charge in [0.15, 0.2) is 0 Å². The molecule has 0 bridgehead atoms. The van der Waals surface area contributed by atoms with E-state index in [1.54, 1.807) is 0 Å². The van der Waals surface area contributed by atoms with E-state index >= 15 is 0 Å². The molecule has 1 rings (SSSR count). The fourth-order valence-electron chi connectivity index (χ4n) is 1.73. The second kappa shape index (κ2) is 6.74. The van der Waals surface area contributed by atoms with E-state index in [9.17, 15) is 0 Å². The lowest BCUT2D eigenvalue weighted by Gasteiger charge is -2.27. The van der Waals surface area contributed by atoms with Crippen molar-refractivity contribution in [3.8, 4) is 0 Å². The number of anilines is 1. The van der Waals surface area contributed by atoms with Crippen LogP contribution in [-0.4, -0.2) is 17.6 Å². The number of rotatable bonds is 6. The first-order valence-corrected chi connectivity index (χ1v) is 6.42. The van der Waals surface area contributed by atoms with Crippen molar-refractivity contribution in [1.82, 2.24) is 4.98 Å². The predicted molar refractivity (Wildman–Crippen MR) is 71.3 cm³/mol. The third-order valence-corrected chi connectivity index (χ3v) is 2.83. The van der Waals surface area contributed by atoms with Gasteiger partial charge in [-0.25, -0.2) is 4.98 Å². The zero-order valence-electron chi connectivity index (χ0n) is 10.4. The number of unbranched alkanes of at least 4 members (excludes halogenated alkanes) is 2. The third-order valence-electron chi connectivity index (χ3n) is 2.62. The average molecular weight is 241 g/mol. The topological polar surface area (TPSA) is 16.1 Å². The van der Waals surface area contributed by atoms with Gasteiger partial charge in [-0.2, -0.15) is 0 Å². The molecule has 0 aromatic carbocycles. The molecular formula is C13H21ClN2. The molecule has 0 saturated heterocycles. The summed E-state index contributed by atoms with van der Waals surface area (Å²) in [6.07, 6.45) is 3.72. The summed E-state index contributed by atoms with van der Waals surface area (Å²) in [7, 11) is 0. The first-order chi connectivity index (χ1) is 7.65. The van der Waals surface area contributed by atoms with Gasteiger partial charge in [-0.3, -0.25) is 0 Å². The van der Waals surface area contributed by atoms with Crippen molar-refractivity contribution in [2.45, 2.75) is 46.1 Å². The van der Waals surface area contributed by atoms with Crippen LogP contribution in [0.1, 0.15) is 40.0 Å². The van der Waals surface area contributed by atoms with Crippen LogP contribution in [0.15, 0.2) is 18.2 Å². The molecular weight excluding hydrogens is 220 g/mol. The van der Waals surface area contributed by atoms with E-state index in [0.717, 1.165) is 12.4 Å². The van der Waals surface area contributed by atoms with E-state index < -0.39 is 0 Å². The number of halogens is 1. The maximum atomic E-state index is 5.92. The summed E-state index contributed by atoms with van der Waals surface area (Å²) in [5, 5.41) is 0.568. The van der Waals surface area contributed by atoms with Gasteiger partial charge >= 0.3 is 0 Å². The highest BCUT2D eigenvalue weighted by Crippen LogP contribution is 2.17. The molecule has 0 N–H and O–H groups in total. The van der Waals surface area contributed by atoms with E-state index in [1.165, 1.54) is 19.3 Å². The van der Waals surface area contributed by atoms with Crippen LogP contribution in [0.5, 0.6) is 0 Å². The van der Waals surface area contributed by atoms with Gasteiger partial charge in [0.05, 0.1) is 0 Å². The van der Waals surface area contributed by atoms with Crippen LogP contribution < -0.4 is 4.90 Å². The average Bonchev–Trinajstić information content (AvgIpc) is 2.24. The van der Waals surface area contributed by atoms with Crippen LogP contribution in [0.2, 0.25) is 5.15 Å². The van der Waals surface area contributed by atoms with Crippen LogP contribution in [0.3, 0.4) is 0 Å². The Morgan fingerprint density at radius 3 is 2.62 bits per heavy atom. The zero-order valence-corrected chi connectivity index (χ0v) is 11.2. The van der Waals surface area contributed by atoms with Gasteiger partial charge in [0, 0.05) is 12.6 Å². The van der Waals surface area contributed by atoms with E-state index in [4.69, 9.17) is 11.6 Å². The summed E-state index contributed by atoms with van der Waals surface area (Å²) >= 11 is 5.92. The fraction of sp³-hybridized carbons (Fsp3) is 0.615. The summed E-state index contributed by atoms with van der Waals surface area (Å²) in [5.41, 5.74) is 0. The molecule has 16 heavy (non-hydrogen) atoms. The Balaban J connectivity index is 2.69. The maximum Gasteiger partial charge on any atom is 0.131 e. The number of pyridine rings is 1. The van der Waals surface area contributed by atoms with Gasteiger partial charge in [0.25, 0.3) is 0 Å². The number of hydrogen-bond acceptors (Lipinski definition) is 2. The number of hydrogen-bond donors (Lipinski definition) is 0. The van der Waals surface area contributed by atoms with Gasteiger partial charge in [0.2, 0.25) is 0 Å². The molecule has 1 heterocycles. The number of aromatic nitrogens is 1. The quantitative estimate of drug-likeness (QED) is 0.549. The van der Waals surface area contributed by atoms with Crippen molar-refractivity contribution in [1.29, 1.82) is 0 Å². The molecule has 0 saturated carbocycles. The monoisotopic (exact) mass is 240 g/mol. The highest BCUT2D eigenvalue weighted by Gasteiger charge is 2.11. The van der Waals surface area contributed by atoms with Crippen molar-refractivity contribution in [2.24, 2.45) is 0 Å². The standard InChI is InChI=1S/C13H21ClN2/c1-4-5-6-10-16(11(2)3)13-9-7-8-12(14)15-13/h7-9,11H,4-6,10H2,1-3H3.